The largest absolute Gasteiger partial charge is 0.481 e. The molecule has 2 aromatic carbocycles. The normalized spacial score (nSPS) is 20.7. The standard InChI is InChI=1S/C27H30N2O6/c30-24(31)18-14-29(12-13-34-15-18)25(32)27(10-5-11-27)17-28-26(33)35-16-23-21-8-3-1-6-19(21)20-7-2-4-9-22(20)23/h1-4,6-9,18,23H,5,10-17H2,(H,28,33)(H,30,31). The lowest BCUT2D eigenvalue weighted by Gasteiger charge is -2.43. The Bertz CT molecular complexity index is 1080. The first-order valence-corrected chi connectivity index (χ1v) is 12.2. The summed E-state index contributed by atoms with van der Waals surface area (Å²) in [5.74, 6) is -1.85. The number of aliphatic carboxylic acids is 1. The second kappa shape index (κ2) is 9.70. The molecule has 0 bridgehead atoms. The van der Waals surface area contributed by atoms with Gasteiger partial charge in [-0.25, -0.2) is 4.79 Å². The van der Waals surface area contributed by atoms with Gasteiger partial charge in [0.2, 0.25) is 5.91 Å². The SMILES string of the molecule is O=C(NCC1(C(=O)N2CCOCC(C(=O)O)C2)CCC1)OCC1c2ccccc2-c2ccccc21. The van der Waals surface area contributed by atoms with Gasteiger partial charge in [0.1, 0.15) is 6.61 Å². The number of amides is 2. The topological polar surface area (TPSA) is 105 Å². The monoisotopic (exact) mass is 478 g/mol. The van der Waals surface area contributed by atoms with E-state index in [0.29, 0.717) is 26.0 Å². The minimum atomic E-state index is -0.968. The summed E-state index contributed by atoms with van der Waals surface area (Å²) in [6, 6.07) is 16.3. The first kappa shape index (κ1) is 23.4. The smallest absolute Gasteiger partial charge is 0.407 e. The van der Waals surface area contributed by atoms with Crippen LogP contribution in [-0.2, 0) is 19.1 Å². The maximum absolute atomic E-state index is 13.4. The maximum Gasteiger partial charge on any atom is 0.407 e. The lowest BCUT2D eigenvalue weighted by molar-refractivity contribution is -0.149. The summed E-state index contributed by atoms with van der Waals surface area (Å²) in [4.78, 5) is 39.1. The zero-order valence-corrected chi connectivity index (χ0v) is 19.6. The van der Waals surface area contributed by atoms with Gasteiger partial charge in [0, 0.05) is 25.6 Å². The Morgan fingerprint density at radius 1 is 1.06 bits per heavy atom. The number of benzene rings is 2. The van der Waals surface area contributed by atoms with Gasteiger partial charge < -0.3 is 24.8 Å². The first-order chi connectivity index (χ1) is 17.0. The van der Waals surface area contributed by atoms with E-state index in [4.69, 9.17) is 9.47 Å². The molecule has 1 saturated heterocycles. The van der Waals surface area contributed by atoms with E-state index in [1.807, 2.05) is 24.3 Å². The molecule has 2 aliphatic carbocycles. The number of fused-ring (bicyclic) bond motifs is 3. The molecule has 1 aliphatic heterocycles. The number of carboxylic acid groups (broad SMARTS) is 1. The van der Waals surface area contributed by atoms with Crippen LogP contribution in [0.5, 0.6) is 0 Å². The number of rotatable bonds is 6. The fourth-order valence-electron chi connectivity index (χ4n) is 5.44. The maximum atomic E-state index is 13.4. The highest BCUT2D eigenvalue weighted by Gasteiger charge is 2.47. The summed E-state index contributed by atoms with van der Waals surface area (Å²) in [6.07, 6.45) is 1.66. The molecule has 0 radical (unpaired) electrons. The first-order valence-electron chi connectivity index (χ1n) is 12.2. The van der Waals surface area contributed by atoms with Crippen molar-refractivity contribution in [2.75, 3.05) is 39.5 Å². The molecule has 2 N–H and O–H groups in total. The molecule has 184 valence electrons. The van der Waals surface area contributed by atoms with Gasteiger partial charge in [-0.3, -0.25) is 9.59 Å². The highest BCUT2D eigenvalue weighted by molar-refractivity contribution is 5.85. The van der Waals surface area contributed by atoms with Gasteiger partial charge >= 0.3 is 12.1 Å². The third-order valence-electron chi connectivity index (χ3n) is 7.58. The van der Waals surface area contributed by atoms with Crippen molar-refractivity contribution in [1.29, 1.82) is 0 Å². The molecule has 1 atom stereocenters. The van der Waals surface area contributed by atoms with Crippen molar-refractivity contribution in [1.82, 2.24) is 10.2 Å². The Morgan fingerprint density at radius 3 is 2.31 bits per heavy atom. The lowest BCUT2D eigenvalue weighted by Crippen LogP contribution is -2.55. The van der Waals surface area contributed by atoms with Crippen molar-refractivity contribution in [3.63, 3.8) is 0 Å². The van der Waals surface area contributed by atoms with Crippen LogP contribution in [0.2, 0.25) is 0 Å². The van der Waals surface area contributed by atoms with Crippen LogP contribution in [0.4, 0.5) is 4.79 Å². The van der Waals surface area contributed by atoms with Crippen LogP contribution in [-0.4, -0.2) is 67.4 Å². The number of alkyl carbamates (subject to hydrolysis) is 1. The van der Waals surface area contributed by atoms with E-state index in [1.165, 1.54) is 0 Å². The van der Waals surface area contributed by atoms with E-state index in [9.17, 15) is 19.5 Å². The highest BCUT2D eigenvalue weighted by Crippen LogP contribution is 2.45. The summed E-state index contributed by atoms with van der Waals surface area (Å²) in [7, 11) is 0. The van der Waals surface area contributed by atoms with Gasteiger partial charge in [-0.2, -0.15) is 0 Å². The Hall–Kier alpha value is -3.39. The van der Waals surface area contributed by atoms with E-state index in [0.717, 1.165) is 28.7 Å². The van der Waals surface area contributed by atoms with Gasteiger partial charge in [-0.05, 0) is 35.1 Å². The summed E-state index contributed by atoms with van der Waals surface area (Å²) in [5, 5.41) is 12.2. The van der Waals surface area contributed by atoms with Crippen LogP contribution < -0.4 is 5.32 Å². The molecular formula is C27H30N2O6. The van der Waals surface area contributed by atoms with Crippen LogP contribution >= 0.6 is 0 Å². The minimum Gasteiger partial charge on any atom is -0.481 e. The Morgan fingerprint density at radius 2 is 1.71 bits per heavy atom. The summed E-state index contributed by atoms with van der Waals surface area (Å²) < 4.78 is 11.0. The Kier molecular flexibility index (Phi) is 6.47. The fraction of sp³-hybridized carbons (Fsp3) is 0.444. The molecule has 5 rings (SSSR count). The third-order valence-corrected chi connectivity index (χ3v) is 7.58. The minimum absolute atomic E-state index is 0.0301. The van der Waals surface area contributed by atoms with E-state index >= 15 is 0 Å². The number of carboxylic acids is 1. The molecular weight excluding hydrogens is 448 g/mol. The highest BCUT2D eigenvalue weighted by atomic mass is 16.5. The molecule has 0 spiro atoms. The number of ether oxygens (including phenoxy) is 2. The van der Waals surface area contributed by atoms with Crippen LogP contribution in [0.1, 0.15) is 36.3 Å². The average molecular weight is 479 g/mol. The van der Waals surface area contributed by atoms with Crippen molar-refractivity contribution >= 4 is 18.0 Å². The van der Waals surface area contributed by atoms with Crippen LogP contribution in [0, 0.1) is 11.3 Å². The van der Waals surface area contributed by atoms with Gasteiger partial charge in [0.15, 0.2) is 0 Å². The van der Waals surface area contributed by atoms with Crippen molar-refractivity contribution < 1.29 is 29.0 Å². The zero-order valence-electron chi connectivity index (χ0n) is 19.6. The molecule has 2 amide bonds. The predicted molar refractivity (Wildman–Crippen MR) is 128 cm³/mol. The van der Waals surface area contributed by atoms with E-state index in [-0.39, 0.29) is 38.1 Å². The second-order valence-electron chi connectivity index (χ2n) is 9.67. The molecule has 35 heavy (non-hydrogen) atoms. The second-order valence-corrected chi connectivity index (χ2v) is 9.67. The average Bonchev–Trinajstić information content (AvgIpc) is 2.97. The number of carbonyl (C=O) groups excluding carboxylic acids is 2. The van der Waals surface area contributed by atoms with Gasteiger partial charge in [0.05, 0.1) is 24.5 Å². The number of hydrogen-bond acceptors (Lipinski definition) is 5. The number of hydrogen-bond donors (Lipinski definition) is 2. The fourth-order valence-corrected chi connectivity index (χ4v) is 5.44. The van der Waals surface area contributed by atoms with Gasteiger partial charge in [0.25, 0.3) is 0 Å². The molecule has 2 fully saturated rings. The number of carbonyl (C=O) groups is 3. The Labute approximate surface area is 204 Å². The van der Waals surface area contributed by atoms with Crippen LogP contribution in [0.15, 0.2) is 48.5 Å². The van der Waals surface area contributed by atoms with Crippen molar-refractivity contribution in [3.8, 4) is 11.1 Å². The van der Waals surface area contributed by atoms with Gasteiger partial charge in [-0.15, -0.1) is 0 Å². The van der Waals surface area contributed by atoms with E-state index < -0.39 is 23.4 Å². The van der Waals surface area contributed by atoms with Crippen molar-refractivity contribution in [2.24, 2.45) is 11.3 Å². The predicted octanol–water partition coefficient (Wildman–Crippen LogP) is 3.26. The molecule has 0 aromatic heterocycles. The molecule has 3 aliphatic rings. The Balaban J connectivity index is 1.20. The molecule has 2 aromatic rings. The summed E-state index contributed by atoms with van der Waals surface area (Å²) >= 11 is 0. The summed E-state index contributed by atoms with van der Waals surface area (Å²) in [6.45, 7) is 1.29. The van der Waals surface area contributed by atoms with E-state index in [1.54, 1.807) is 4.90 Å². The van der Waals surface area contributed by atoms with E-state index in [2.05, 4.69) is 29.6 Å². The number of nitrogens with one attached hydrogen (secondary N) is 1. The van der Waals surface area contributed by atoms with Gasteiger partial charge in [-0.1, -0.05) is 55.0 Å². The number of nitrogens with zero attached hydrogens (tertiary/aromatic N) is 1. The molecule has 1 heterocycles. The van der Waals surface area contributed by atoms with Crippen molar-refractivity contribution in [3.05, 3.63) is 59.7 Å². The summed E-state index contributed by atoms with van der Waals surface area (Å²) in [5.41, 5.74) is 3.90. The molecule has 8 heteroatoms. The molecule has 1 unspecified atom stereocenters. The van der Waals surface area contributed by atoms with Crippen LogP contribution in [0.3, 0.4) is 0 Å². The van der Waals surface area contributed by atoms with Crippen LogP contribution in [0.25, 0.3) is 11.1 Å². The van der Waals surface area contributed by atoms with Crippen molar-refractivity contribution in [2.45, 2.75) is 25.2 Å². The molecule has 8 nitrogen and oxygen atoms in total. The zero-order chi connectivity index (χ0) is 24.4. The lowest BCUT2D eigenvalue weighted by atomic mass is 9.67. The quantitative estimate of drug-likeness (QED) is 0.660. The third kappa shape index (κ3) is 4.50. The molecule has 1 saturated carbocycles.